The summed E-state index contributed by atoms with van der Waals surface area (Å²) in [7, 11) is -1.57. The van der Waals surface area contributed by atoms with E-state index in [1.54, 1.807) is 0 Å². The minimum atomic E-state index is -1.57. The third kappa shape index (κ3) is 6.82. The van der Waals surface area contributed by atoms with Gasteiger partial charge in [-0.3, -0.25) is 0 Å². The van der Waals surface area contributed by atoms with Gasteiger partial charge in [0.2, 0.25) is 7.55 Å². The van der Waals surface area contributed by atoms with Crippen LogP contribution >= 0.6 is 22.5 Å². The maximum atomic E-state index is 5.86. The molecule has 1 nitrogen and oxygen atoms in total. The third-order valence-electron chi connectivity index (χ3n) is 0.600. The molecule has 0 aliphatic heterocycles. The van der Waals surface area contributed by atoms with Crippen LogP contribution in [-0.4, -0.2) is 20.7 Å². The lowest BCUT2D eigenvalue weighted by molar-refractivity contribution is 1.14. The molecule has 0 unspecified atom stereocenters. The average Bonchev–Trinajstić information content (AvgIpc) is 1.59. The summed E-state index contributed by atoms with van der Waals surface area (Å²) < 4.78 is 0. The molecule has 5 heteroatoms. The van der Waals surface area contributed by atoms with Crippen molar-refractivity contribution in [1.82, 2.24) is 4.98 Å². The van der Waals surface area contributed by atoms with Crippen molar-refractivity contribution in [3.63, 3.8) is 0 Å². The summed E-state index contributed by atoms with van der Waals surface area (Å²) in [4.78, 5) is 3.09. The minimum absolute atomic E-state index is 0.699. The van der Waals surface area contributed by atoms with Crippen molar-refractivity contribution in [3.8, 4) is 0 Å². The Bertz CT molecular complexity index is 64.8. The van der Waals surface area contributed by atoms with E-state index in [0.717, 1.165) is 0 Å². The Hall–Kier alpha value is 0.822. The Morgan fingerprint density at radius 1 is 1.62 bits per heavy atom. The summed E-state index contributed by atoms with van der Waals surface area (Å²) in [5.41, 5.74) is 0. The quantitative estimate of drug-likeness (QED) is 0.496. The van der Waals surface area contributed by atoms with E-state index in [4.69, 9.17) is 22.5 Å². The molecule has 47 valence electrons. The van der Waals surface area contributed by atoms with Crippen molar-refractivity contribution in [2.75, 3.05) is 6.44 Å². The standard InChI is InChI=1S/C3H9BCl2NSi/c1-8(2,6)7-3-4-5/h7H,3H2,1-2H3. The fourth-order valence-electron chi connectivity index (χ4n) is 0.281. The van der Waals surface area contributed by atoms with Crippen LogP contribution in [-0.2, 0) is 0 Å². The van der Waals surface area contributed by atoms with Crippen molar-refractivity contribution >= 4 is 36.8 Å². The highest BCUT2D eigenvalue weighted by molar-refractivity contribution is 7.17. The lowest BCUT2D eigenvalue weighted by Gasteiger charge is -2.12. The zero-order valence-corrected chi connectivity index (χ0v) is 7.55. The van der Waals surface area contributed by atoms with Crippen molar-refractivity contribution < 1.29 is 0 Å². The number of hydrogen-bond donors (Lipinski definition) is 1. The number of nitrogens with one attached hydrogen (secondary N) is 1. The number of halogens is 2. The molecule has 0 aliphatic carbocycles. The van der Waals surface area contributed by atoms with Crippen molar-refractivity contribution in [2.24, 2.45) is 0 Å². The van der Waals surface area contributed by atoms with Crippen LogP contribution in [0.15, 0.2) is 0 Å². The van der Waals surface area contributed by atoms with Crippen LogP contribution in [0.5, 0.6) is 0 Å². The normalized spacial score (nSPS) is 11.5. The largest absolute Gasteiger partial charge is 0.331 e. The van der Waals surface area contributed by atoms with E-state index in [0.29, 0.717) is 6.44 Å². The zero-order valence-electron chi connectivity index (χ0n) is 5.04. The van der Waals surface area contributed by atoms with E-state index in [1.807, 2.05) is 13.1 Å². The van der Waals surface area contributed by atoms with Crippen LogP contribution in [0.25, 0.3) is 0 Å². The minimum Gasteiger partial charge on any atom is -0.331 e. The van der Waals surface area contributed by atoms with Crippen LogP contribution in [0.2, 0.25) is 13.1 Å². The predicted molar refractivity (Wildman–Crippen MR) is 42.9 cm³/mol. The van der Waals surface area contributed by atoms with Gasteiger partial charge in [-0.15, -0.1) is 11.1 Å². The van der Waals surface area contributed by atoms with Crippen LogP contribution in [0.1, 0.15) is 0 Å². The van der Waals surface area contributed by atoms with Gasteiger partial charge in [0.15, 0.2) is 0 Å². The molecule has 0 aromatic heterocycles. The Morgan fingerprint density at radius 2 is 2.12 bits per heavy atom. The van der Waals surface area contributed by atoms with Gasteiger partial charge in [-0.05, 0) is 19.5 Å². The van der Waals surface area contributed by atoms with Gasteiger partial charge < -0.3 is 4.98 Å². The molecule has 0 saturated heterocycles. The predicted octanol–water partition coefficient (Wildman–Crippen LogP) is 1.33. The van der Waals surface area contributed by atoms with Gasteiger partial charge >= 0.3 is 0 Å². The molecule has 1 radical (unpaired) electrons. The molecule has 0 spiro atoms. The summed E-state index contributed by atoms with van der Waals surface area (Å²) in [6.45, 7) is 5.56. The summed E-state index contributed by atoms with van der Waals surface area (Å²) in [5, 5.41) is 0. The van der Waals surface area contributed by atoms with E-state index < -0.39 is 7.55 Å². The number of hydrogen-bond acceptors (Lipinski definition) is 1. The van der Waals surface area contributed by atoms with Gasteiger partial charge in [0.1, 0.15) is 0 Å². The molecule has 0 aromatic rings. The first-order valence-electron chi connectivity index (χ1n) is 2.42. The molecule has 0 heterocycles. The van der Waals surface area contributed by atoms with Crippen molar-refractivity contribution in [2.45, 2.75) is 13.1 Å². The van der Waals surface area contributed by atoms with Crippen molar-refractivity contribution in [1.29, 1.82) is 0 Å². The van der Waals surface area contributed by atoms with Crippen LogP contribution in [0.4, 0.5) is 0 Å². The molecular weight excluding hydrogens is 160 g/mol. The van der Waals surface area contributed by atoms with Gasteiger partial charge in [0.05, 0.1) is 0 Å². The molecule has 1 N–H and O–H groups in total. The Labute approximate surface area is 61.7 Å². The maximum absolute atomic E-state index is 5.86. The highest BCUT2D eigenvalue weighted by Gasteiger charge is 2.14. The van der Waals surface area contributed by atoms with E-state index in [-0.39, 0.29) is 0 Å². The summed E-state index contributed by atoms with van der Waals surface area (Å²) in [6.07, 6.45) is 0.699. The van der Waals surface area contributed by atoms with Gasteiger partial charge in [-0.25, -0.2) is 11.5 Å². The molecule has 0 aliphatic rings. The second kappa shape index (κ2) is 3.77. The third-order valence-corrected chi connectivity index (χ3v) is 2.20. The lowest BCUT2D eigenvalue weighted by Crippen LogP contribution is -2.40. The fourth-order valence-corrected chi connectivity index (χ4v) is 1.31. The molecule has 8 heavy (non-hydrogen) atoms. The van der Waals surface area contributed by atoms with E-state index >= 15 is 0 Å². The van der Waals surface area contributed by atoms with E-state index in [1.165, 1.54) is 6.69 Å². The summed E-state index contributed by atoms with van der Waals surface area (Å²) in [6, 6.07) is 0. The summed E-state index contributed by atoms with van der Waals surface area (Å²) >= 11 is 11.1. The second-order valence-electron chi connectivity index (χ2n) is 2.01. The molecule has 0 amide bonds. The highest BCUT2D eigenvalue weighted by Crippen LogP contribution is 2.00. The topological polar surface area (TPSA) is 12.0 Å². The molecule has 0 saturated carbocycles. The average molecular weight is 169 g/mol. The Balaban J connectivity index is 3.11. The smallest absolute Gasteiger partial charge is 0.252 e. The molecular formula is C3H9BCl2NSi. The van der Waals surface area contributed by atoms with Gasteiger partial charge in [0, 0.05) is 0 Å². The molecule has 0 atom stereocenters. The fraction of sp³-hybridized carbons (Fsp3) is 1.00. The van der Waals surface area contributed by atoms with E-state index in [2.05, 4.69) is 4.98 Å². The molecule has 0 rings (SSSR count). The highest BCUT2D eigenvalue weighted by atomic mass is 35.6. The van der Waals surface area contributed by atoms with Crippen LogP contribution < -0.4 is 4.98 Å². The van der Waals surface area contributed by atoms with Crippen LogP contribution in [0, 0.1) is 0 Å². The zero-order chi connectivity index (χ0) is 6.62. The summed E-state index contributed by atoms with van der Waals surface area (Å²) in [5.74, 6) is 0. The van der Waals surface area contributed by atoms with Gasteiger partial charge in [0.25, 0.3) is 6.69 Å². The Morgan fingerprint density at radius 3 is 2.25 bits per heavy atom. The van der Waals surface area contributed by atoms with Crippen LogP contribution in [0.3, 0.4) is 0 Å². The first-order chi connectivity index (χ1) is 3.56. The lowest BCUT2D eigenvalue weighted by atomic mass is 10.1. The first kappa shape index (κ1) is 8.82. The number of rotatable bonds is 3. The Kier molecular flexibility index (Phi) is 4.16. The first-order valence-corrected chi connectivity index (χ1v) is 6.87. The maximum Gasteiger partial charge on any atom is 0.252 e. The van der Waals surface area contributed by atoms with Crippen molar-refractivity contribution in [3.05, 3.63) is 0 Å². The SMILES string of the molecule is C[Si](C)(Cl)NC[B]Cl. The van der Waals surface area contributed by atoms with Gasteiger partial charge in [-0.2, -0.15) is 0 Å². The van der Waals surface area contributed by atoms with Gasteiger partial charge in [-0.1, -0.05) is 0 Å². The second-order valence-corrected chi connectivity index (χ2v) is 8.45. The monoisotopic (exact) mass is 168 g/mol. The molecule has 0 aromatic carbocycles. The van der Waals surface area contributed by atoms with E-state index in [9.17, 15) is 0 Å². The molecule has 0 fully saturated rings. The molecule has 0 bridgehead atoms.